The summed E-state index contributed by atoms with van der Waals surface area (Å²) in [6.45, 7) is 6.11. The molecular formula is C14H21BrO5. The van der Waals surface area contributed by atoms with Crippen LogP contribution in [0.3, 0.4) is 0 Å². The number of rotatable bonds is 4. The summed E-state index contributed by atoms with van der Waals surface area (Å²) >= 11 is 3.27. The summed E-state index contributed by atoms with van der Waals surface area (Å²) in [6.07, 6.45) is 1.13. The van der Waals surface area contributed by atoms with Crippen LogP contribution < -0.4 is 0 Å². The molecule has 1 rings (SSSR count). The number of halogens is 1. The van der Waals surface area contributed by atoms with Gasteiger partial charge in [-0.1, -0.05) is 22.0 Å². The van der Waals surface area contributed by atoms with Crippen LogP contribution in [-0.2, 0) is 19.1 Å². The van der Waals surface area contributed by atoms with E-state index in [9.17, 15) is 14.7 Å². The fourth-order valence-electron chi connectivity index (χ4n) is 2.41. The van der Waals surface area contributed by atoms with Crippen LogP contribution in [0.25, 0.3) is 0 Å². The van der Waals surface area contributed by atoms with Crippen LogP contribution in [0.4, 0.5) is 0 Å². The molecular weight excluding hydrogens is 328 g/mol. The Morgan fingerprint density at radius 3 is 2.40 bits per heavy atom. The quantitative estimate of drug-likeness (QED) is 0.477. The lowest BCUT2D eigenvalue weighted by Crippen LogP contribution is -2.52. The minimum Gasteiger partial charge on any atom is -0.458 e. The summed E-state index contributed by atoms with van der Waals surface area (Å²) in [7, 11) is 0. The second-order valence-electron chi connectivity index (χ2n) is 5.39. The van der Waals surface area contributed by atoms with Gasteiger partial charge in [-0.15, -0.1) is 0 Å². The van der Waals surface area contributed by atoms with Gasteiger partial charge in [-0.25, -0.2) is 0 Å². The number of carbonyl (C=O) groups excluding carboxylic acids is 2. The number of esters is 2. The maximum atomic E-state index is 11.3. The predicted octanol–water partition coefficient (Wildman–Crippen LogP) is 1.96. The van der Waals surface area contributed by atoms with Gasteiger partial charge in [0.15, 0.2) is 6.10 Å². The third-order valence-corrected chi connectivity index (χ3v) is 4.64. The normalized spacial score (nSPS) is 29.1. The molecule has 0 bridgehead atoms. The third-order valence-electron chi connectivity index (χ3n) is 3.50. The number of alkyl halides is 1. The second kappa shape index (κ2) is 6.72. The van der Waals surface area contributed by atoms with Crippen LogP contribution in [0.1, 0.15) is 34.1 Å². The Bertz CT molecular complexity index is 416. The average molecular weight is 349 g/mol. The van der Waals surface area contributed by atoms with Crippen LogP contribution in [0.2, 0.25) is 0 Å². The maximum Gasteiger partial charge on any atom is 0.303 e. The highest BCUT2D eigenvalue weighted by Crippen LogP contribution is 2.37. The number of hydrogen-bond acceptors (Lipinski definition) is 5. The minimum atomic E-state index is -1.07. The Balaban J connectivity index is 3.12. The zero-order valence-electron chi connectivity index (χ0n) is 12.2. The van der Waals surface area contributed by atoms with Crippen LogP contribution in [-0.4, -0.2) is 40.2 Å². The number of ether oxygens (including phenoxy) is 2. The van der Waals surface area contributed by atoms with Gasteiger partial charge in [0.2, 0.25) is 0 Å². The lowest BCUT2D eigenvalue weighted by molar-refractivity contribution is -0.175. The second-order valence-corrected chi connectivity index (χ2v) is 5.95. The van der Waals surface area contributed by atoms with E-state index in [-0.39, 0.29) is 5.92 Å². The molecule has 0 heterocycles. The Kier molecular flexibility index (Phi) is 5.77. The highest BCUT2D eigenvalue weighted by atomic mass is 79.9. The summed E-state index contributed by atoms with van der Waals surface area (Å²) in [5.41, 5.74) is -0.247. The summed E-state index contributed by atoms with van der Waals surface area (Å²) < 4.78 is 10.6. The molecule has 1 aliphatic carbocycles. The van der Waals surface area contributed by atoms with Gasteiger partial charge in [-0.05, 0) is 25.8 Å². The highest BCUT2D eigenvalue weighted by Gasteiger charge is 2.46. The Hall–Kier alpha value is -0.880. The maximum absolute atomic E-state index is 11.3. The zero-order chi connectivity index (χ0) is 15.5. The molecule has 1 N–H and O–H groups in total. The summed E-state index contributed by atoms with van der Waals surface area (Å²) in [5, 5.41) is 10.8. The van der Waals surface area contributed by atoms with E-state index < -0.39 is 29.7 Å². The smallest absolute Gasteiger partial charge is 0.303 e. The monoisotopic (exact) mass is 348 g/mol. The molecule has 20 heavy (non-hydrogen) atoms. The molecule has 114 valence electrons. The number of allylic oxidation sites excluding steroid dienone is 1. The van der Waals surface area contributed by atoms with E-state index >= 15 is 0 Å². The molecule has 0 saturated heterocycles. The average Bonchev–Trinajstić information content (AvgIpc) is 2.32. The molecule has 6 heteroatoms. The predicted molar refractivity (Wildman–Crippen MR) is 77.4 cm³/mol. The van der Waals surface area contributed by atoms with E-state index in [0.29, 0.717) is 11.8 Å². The molecule has 0 radical (unpaired) electrons. The van der Waals surface area contributed by atoms with Gasteiger partial charge < -0.3 is 14.6 Å². The summed E-state index contributed by atoms with van der Waals surface area (Å²) in [4.78, 5) is 22.6. The van der Waals surface area contributed by atoms with Crippen LogP contribution in [0.15, 0.2) is 11.6 Å². The lowest BCUT2D eigenvalue weighted by atomic mass is 9.76. The minimum absolute atomic E-state index is 0.335. The summed E-state index contributed by atoms with van der Waals surface area (Å²) in [6, 6.07) is 0. The van der Waals surface area contributed by atoms with Crippen molar-refractivity contribution < 1.29 is 24.2 Å². The molecule has 5 nitrogen and oxygen atoms in total. The lowest BCUT2D eigenvalue weighted by Gasteiger charge is -2.42. The van der Waals surface area contributed by atoms with Crippen molar-refractivity contribution in [1.29, 1.82) is 0 Å². The van der Waals surface area contributed by atoms with E-state index in [1.54, 1.807) is 6.92 Å². The van der Waals surface area contributed by atoms with E-state index in [4.69, 9.17) is 9.47 Å². The first kappa shape index (κ1) is 17.2. The SMILES string of the molecule is CC(=O)OC1C(C)=CCC(C(C)(O)CBr)C1OC(C)=O. The van der Waals surface area contributed by atoms with Gasteiger partial charge in [0, 0.05) is 25.1 Å². The fourth-order valence-corrected chi connectivity index (χ4v) is 2.83. The van der Waals surface area contributed by atoms with Gasteiger partial charge in [-0.3, -0.25) is 9.59 Å². The molecule has 4 atom stereocenters. The first-order chi connectivity index (χ1) is 9.19. The van der Waals surface area contributed by atoms with Crippen molar-refractivity contribution >= 4 is 27.9 Å². The van der Waals surface area contributed by atoms with Gasteiger partial charge in [0.1, 0.15) is 6.10 Å². The molecule has 0 saturated carbocycles. The Morgan fingerprint density at radius 1 is 1.40 bits per heavy atom. The van der Waals surface area contributed by atoms with Gasteiger partial charge in [0.05, 0.1) is 5.60 Å². The first-order valence-corrected chi connectivity index (χ1v) is 7.60. The van der Waals surface area contributed by atoms with Crippen molar-refractivity contribution in [1.82, 2.24) is 0 Å². The largest absolute Gasteiger partial charge is 0.458 e. The number of carbonyl (C=O) groups is 2. The topological polar surface area (TPSA) is 72.8 Å². The van der Waals surface area contributed by atoms with Gasteiger partial charge in [0.25, 0.3) is 0 Å². The first-order valence-electron chi connectivity index (χ1n) is 6.48. The number of hydrogen-bond donors (Lipinski definition) is 1. The molecule has 0 aromatic heterocycles. The van der Waals surface area contributed by atoms with Crippen LogP contribution in [0, 0.1) is 5.92 Å². The molecule has 0 spiro atoms. The van der Waals surface area contributed by atoms with Crippen molar-refractivity contribution in [3.8, 4) is 0 Å². The molecule has 0 fully saturated rings. The van der Waals surface area contributed by atoms with Gasteiger partial charge in [-0.2, -0.15) is 0 Å². The van der Waals surface area contributed by atoms with Crippen molar-refractivity contribution in [2.75, 3.05) is 5.33 Å². The van der Waals surface area contributed by atoms with Crippen LogP contribution >= 0.6 is 15.9 Å². The molecule has 0 amide bonds. The van der Waals surface area contributed by atoms with Crippen LogP contribution in [0.5, 0.6) is 0 Å². The Labute approximate surface area is 127 Å². The van der Waals surface area contributed by atoms with E-state index in [2.05, 4.69) is 15.9 Å². The van der Waals surface area contributed by atoms with E-state index in [1.165, 1.54) is 13.8 Å². The standard InChI is InChI=1S/C14H21BrO5/c1-8-5-6-11(14(4,18)7-15)13(20-10(3)17)12(8)19-9(2)16/h5,11-13,18H,6-7H2,1-4H3. The van der Waals surface area contributed by atoms with E-state index in [0.717, 1.165) is 5.57 Å². The van der Waals surface area contributed by atoms with Crippen molar-refractivity contribution in [2.45, 2.75) is 51.9 Å². The number of aliphatic hydroxyl groups is 1. The van der Waals surface area contributed by atoms with Crippen molar-refractivity contribution in [2.24, 2.45) is 5.92 Å². The van der Waals surface area contributed by atoms with Gasteiger partial charge >= 0.3 is 11.9 Å². The fraction of sp³-hybridized carbons (Fsp3) is 0.714. The molecule has 0 aromatic carbocycles. The molecule has 0 aromatic rings. The zero-order valence-corrected chi connectivity index (χ0v) is 13.8. The molecule has 0 aliphatic heterocycles. The van der Waals surface area contributed by atoms with E-state index in [1.807, 2.05) is 13.0 Å². The Morgan fingerprint density at radius 2 is 1.95 bits per heavy atom. The van der Waals surface area contributed by atoms with Crippen molar-refractivity contribution in [3.05, 3.63) is 11.6 Å². The third kappa shape index (κ3) is 4.06. The highest BCUT2D eigenvalue weighted by molar-refractivity contribution is 9.09. The summed E-state index contributed by atoms with van der Waals surface area (Å²) in [5.74, 6) is -1.25. The molecule has 4 unspecified atom stereocenters. The molecule has 1 aliphatic rings. The van der Waals surface area contributed by atoms with Crippen molar-refractivity contribution in [3.63, 3.8) is 0 Å².